The molecule has 1 heterocycles. The third kappa shape index (κ3) is 4.28. The Morgan fingerprint density at radius 3 is 2.16 bits per heavy atom. The molecule has 2 aromatic rings. The summed E-state index contributed by atoms with van der Waals surface area (Å²) in [6.07, 6.45) is -3.66. The highest BCUT2D eigenvalue weighted by atomic mass is 19.4. The van der Waals surface area contributed by atoms with Gasteiger partial charge in [0.1, 0.15) is 5.78 Å². The summed E-state index contributed by atoms with van der Waals surface area (Å²) in [6.45, 7) is 1.00. The lowest BCUT2D eigenvalue weighted by Crippen LogP contribution is -2.45. The lowest BCUT2D eigenvalue weighted by molar-refractivity contribution is -0.138. The maximum Gasteiger partial charge on any atom is 0.416 e. The SMILES string of the molecule is O=C1C(Cc2ccccc2)CNCC1Cc1ccccc1C(F)(F)F. The average Bonchev–Trinajstić information content (AvgIpc) is 2.59. The molecule has 132 valence electrons. The maximum atomic E-state index is 13.2. The van der Waals surface area contributed by atoms with Crippen molar-refractivity contribution in [2.45, 2.75) is 19.0 Å². The molecule has 25 heavy (non-hydrogen) atoms. The average molecular weight is 347 g/mol. The van der Waals surface area contributed by atoms with Crippen LogP contribution in [0.1, 0.15) is 16.7 Å². The largest absolute Gasteiger partial charge is 0.416 e. The van der Waals surface area contributed by atoms with Crippen LogP contribution in [0.2, 0.25) is 0 Å². The van der Waals surface area contributed by atoms with Crippen LogP contribution in [0.5, 0.6) is 0 Å². The number of piperidine rings is 1. The highest BCUT2D eigenvalue weighted by Gasteiger charge is 2.36. The van der Waals surface area contributed by atoms with Crippen molar-refractivity contribution < 1.29 is 18.0 Å². The molecule has 2 nitrogen and oxygen atoms in total. The number of carbonyl (C=O) groups is 1. The first-order valence-corrected chi connectivity index (χ1v) is 8.38. The summed E-state index contributed by atoms with van der Waals surface area (Å²) in [5, 5.41) is 3.21. The molecule has 0 bridgehead atoms. The van der Waals surface area contributed by atoms with Gasteiger partial charge in [0.2, 0.25) is 0 Å². The van der Waals surface area contributed by atoms with Crippen molar-refractivity contribution in [3.8, 4) is 0 Å². The summed E-state index contributed by atoms with van der Waals surface area (Å²) in [7, 11) is 0. The van der Waals surface area contributed by atoms with Gasteiger partial charge in [0, 0.05) is 24.9 Å². The van der Waals surface area contributed by atoms with Crippen molar-refractivity contribution in [2.24, 2.45) is 11.8 Å². The molecule has 1 aliphatic heterocycles. The third-order valence-corrected chi connectivity index (χ3v) is 4.70. The van der Waals surface area contributed by atoms with E-state index in [-0.39, 0.29) is 23.7 Å². The topological polar surface area (TPSA) is 29.1 Å². The van der Waals surface area contributed by atoms with E-state index in [1.807, 2.05) is 30.3 Å². The quantitative estimate of drug-likeness (QED) is 0.909. The van der Waals surface area contributed by atoms with Gasteiger partial charge in [0.15, 0.2) is 0 Å². The predicted octanol–water partition coefficient (Wildman–Crippen LogP) is 3.90. The smallest absolute Gasteiger partial charge is 0.315 e. The molecule has 0 radical (unpaired) electrons. The van der Waals surface area contributed by atoms with Gasteiger partial charge in [-0.05, 0) is 30.0 Å². The normalized spacial score (nSPS) is 21.3. The number of rotatable bonds is 4. The second-order valence-electron chi connectivity index (χ2n) is 6.50. The Morgan fingerprint density at radius 2 is 1.48 bits per heavy atom. The van der Waals surface area contributed by atoms with E-state index >= 15 is 0 Å². The van der Waals surface area contributed by atoms with E-state index in [1.165, 1.54) is 12.1 Å². The standard InChI is InChI=1S/C20H20F3NO/c21-20(22,23)18-9-5-4-8-15(18)11-17-13-24-12-16(19(17)25)10-14-6-2-1-3-7-14/h1-9,16-17,24H,10-13H2. The van der Waals surface area contributed by atoms with Crippen LogP contribution >= 0.6 is 0 Å². The highest BCUT2D eigenvalue weighted by Crippen LogP contribution is 2.33. The van der Waals surface area contributed by atoms with Crippen molar-refractivity contribution >= 4 is 5.78 Å². The van der Waals surface area contributed by atoms with E-state index in [4.69, 9.17) is 0 Å². The van der Waals surface area contributed by atoms with Crippen molar-refractivity contribution in [1.29, 1.82) is 0 Å². The Bertz CT molecular complexity index is 727. The van der Waals surface area contributed by atoms with Crippen molar-refractivity contribution in [2.75, 3.05) is 13.1 Å². The molecule has 0 aliphatic carbocycles. The van der Waals surface area contributed by atoms with Crippen LogP contribution in [0.3, 0.4) is 0 Å². The Hall–Kier alpha value is -2.14. The molecule has 3 rings (SSSR count). The Labute approximate surface area is 145 Å². The second-order valence-corrected chi connectivity index (χ2v) is 6.50. The Kier molecular flexibility index (Phi) is 5.23. The van der Waals surface area contributed by atoms with E-state index in [2.05, 4.69) is 5.32 Å². The zero-order valence-corrected chi connectivity index (χ0v) is 13.7. The summed E-state index contributed by atoms with van der Waals surface area (Å²) in [6, 6.07) is 15.2. The summed E-state index contributed by atoms with van der Waals surface area (Å²) >= 11 is 0. The number of halogens is 3. The molecule has 0 aromatic heterocycles. The fourth-order valence-corrected chi connectivity index (χ4v) is 3.45. The number of hydrogen-bond acceptors (Lipinski definition) is 2. The summed E-state index contributed by atoms with van der Waals surface area (Å²) in [5.74, 6) is -0.565. The van der Waals surface area contributed by atoms with Crippen LogP contribution in [0.15, 0.2) is 54.6 Å². The Balaban J connectivity index is 1.74. The fraction of sp³-hybridized carbons (Fsp3) is 0.350. The van der Waals surface area contributed by atoms with Crippen LogP contribution < -0.4 is 5.32 Å². The third-order valence-electron chi connectivity index (χ3n) is 4.70. The number of nitrogens with one attached hydrogen (secondary N) is 1. The molecular weight excluding hydrogens is 327 g/mol. The summed E-state index contributed by atoms with van der Waals surface area (Å²) in [5.41, 5.74) is 0.613. The van der Waals surface area contributed by atoms with E-state index in [9.17, 15) is 18.0 Å². The number of ketones is 1. The number of Topliss-reactive ketones (excluding diaryl/α,β-unsaturated/α-hetero) is 1. The molecule has 0 spiro atoms. The highest BCUT2D eigenvalue weighted by molar-refractivity contribution is 5.85. The van der Waals surface area contributed by atoms with E-state index in [1.54, 1.807) is 6.07 Å². The summed E-state index contributed by atoms with van der Waals surface area (Å²) < 4.78 is 39.5. The van der Waals surface area contributed by atoms with Crippen molar-refractivity contribution in [3.63, 3.8) is 0 Å². The van der Waals surface area contributed by atoms with Gasteiger partial charge in [-0.15, -0.1) is 0 Å². The maximum absolute atomic E-state index is 13.2. The molecule has 1 N–H and O–H groups in total. The molecule has 1 saturated heterocycles. The molecule has 1 fully saturated rings. The molecule has 1 aliphatic rings. The number of carbonyl (C=O) groups excluding carboxylic acids is 1. The molecule has 0 saturated carbocycles. The minimum Gasteiger partial charge on any atom is -0.315 e. The molecule has 5 heteroatoms. The van der Waals surface area contributed by atoms with E-state index in [0.717, 1.165) is 11.6 Å². The van der Waals surface area contributed by atoms with Crippen LogP contribution in [-0.4, -0.2) is 18.9 Å². The van der Waals surface area contributed by atoms with E-state index < -0.39 is 17.7 Å². The minimum atomic E-state index is -4.40. The zero-order valence-electron chi connectivity index (χ0n) is 13.7. The van der Waals surface area contributed by atoms with Gasteiger partial charge in [-0.25, -0.2) is 0 Å². The Morgan fingerprint density at radius 1 is 0.880 bits per heavy atom. The lowest BCUT2D eigenvalue weighted by atomic mass is 9.81. The van der Waals surface area contributed by atoms with Gasteiger partial charge in [0.25, 0.3) is 0 Å². The minimum absolute atomic E-state index is 0.0552. The van der Waals surface area contributed by atoms with Gasteiger partial charge < -0.3 is 5.32 Å². The molecule has 0 amide bonds. The van der Waals surface area contributed by atoms with Crippen molar-refractivity contribution in [3.05, 3.63) is 71.3 Å². The van der Waals surface area contributed by atoms with Crippen LogP contribution in [0.25, 0.3) is 0 Å². The fourth-order valence-electron chi connectivity index (χ4n) is 3.45. The molecule has 2 unspecified atom stereocenters. The second kappa shape index (κ2) is 7.40. The van der Waals surface area contributed by atoms with Crippen LogP contribution in [-0.2, 0) is 23.8 Å². The zero-order chi connectivity index (χ0) is 17.9. The first kappa shape index (κ1) is 17.7. The number of hydrogen-bond donors (Lipinski definition) is 1. The van der Waals surface area contributed by atoms with Crippen LogP contribution in [0.4, 0.5) is 13.2 Å². The monoisotopic (exact) mass is 347 g/mol. The van der Waals surface area contributed by atoms with Crippen LogP contribution in [0, 0.1) is 11.8 Å². The van der Waals surface area contributed by atoms with Gasteiger partial charge >= 0.3 is 6.18 Å². The number of benzene rings is 2. The van der Waals surface area contributed by atoms with Gasteiger partial charge in [-0.3, -0.25) is 4.79 Å². The van der Waals surface area contributed by atoms with Crippen molar-refractivity contribution in [1.82, 2.24) is 5.32 Å². The molecular formula is C20H20F3NO. The van der Waals surface area contributed by atoms with Gasteiger partial charge in [0.05, 0.1) is 5.56 Å². The van der Waals surface area contributed by atoms with Gasteiger partial charge in [-0.2, -0.15) is 13.2 Å². The lowest BCUT2D eigenvalue weighted by Gasteiger charge is -2.29. The van der Waals surface area contributed by atoms with Gasteiger partial charge in [-0.1, -0.05) is 48.5 Å². The molecule has 2 atom stereocenters. The first-order valence-electron chi connectivity index (χ1n) is 8.38. The molecule has 2 aromatic carbocycles. The predicted molar refractivity (Wildman–Crippen MR) is 90.2 cm³/mol. The number of alkyl halides is 3. The van der Waals surface area contributed by atoms with E-state index in [0.29, 0.717) is 19.5 Å². The first-order chi connectivity index (χ1) is 11.9. The summed E-state index contributed by atoms with van der Waals surface area (Å²) in [4.78, 5) is 12.8.